The number of H-pyrrole nitrogens is 1. The summed E-state index contributed by atoms with van der Waals surface area (Å²) in [7, 11) is 1.68. The van der Waals surface area contributed by atoms with E-state index in [4.69, 9.17) is 0 Å². The van der Waals surface area contributed by atoms with Gasteiger partial charge in [-0.25, -0.2) is 0 Å². The molecule has 0 fully saturated rings. The van der Waals surface area contributed by atoms with E-state index in [9.17, 15) is 9.59 Å². The van der Waals surface area contributed by atoms with E-state index in [0.717, 1.165) is 11.3 Å². The van der Waals surface area contributed by atoms with Crippen molar-refractivity contribution in [1.82, 2.24) is 15.5 Å². The molecule has 1 unspecified atom stereocenters. The van der Waals surface area contributed by atoms with Crippen molar-refractivity contribution >= 4 is 17.4 Å². The number of nitrogens with one attached hydrogen (secondary N) is 2. The average Bonchev–Trinajstić information content (AvgIpc) is 2.97. The smallest absolute Gasteiger partial charge is 0.251 e. The molecule has 3 rings (SSSR count). The Kier molecular flexibility index (Phi) is 3.08. The van der Waals surface area contributed by atoms with Crippen molar-refractivity contribution in [3.63, 3.8) is 0 Å². The molecule has 6 heteroatoms. The van der Waals surface area contributed by atoms with Crippen molar-refractivity contribution in [3.05, 3.63) is 47.8 Å². The van der Waals surface area contributed by atoms with Crippen LogP contribution in [0.25, 0.3) is 0 Å². The highest BCUT2D eigenvalue weighted by molar-refractivity contribution is 6.17. The maximum atomic E-state index is 12.5. The molecule has 2 heterocycles. The maximum Gasteiger partial charge on any atom is 0.251 e. The van der Waals surface area contributed by atoms with E-state index in [1.165, 1.54) is 17.3 Å². The van der Waals surface area contributed by atoms with Crippen molar-refractivity contribution in [2.24, 2.45) is 0 Å². The Hall–Kier alpha value is -2.47. The lowest BCUT2D eigenvalue weighted by atomic mass is 10.1. The predicted molar refractivity (Wildman–Crippen MR) is 73.4 cm³/mol. The van der Waals surface area contributed by atoms with Crippen LogP contribution in [0, 0.1) is 0 Å². The van der Waals surface area contributed by atoms with Gasteiger partial charge in [-0.3, -0.25) is 20.0 Å². The Balaban J connectivity index is 1.94. The number of hydrogen-bond acceptors (Lipinski definition) is 4. The number of rotatable bonds is 2. The van der Waals surface area contributed by atoms with Crippen molar-refractivity contribution in [3.8, 4) is 0 Å². The molecule has 6 nitrogen and oxygen atoms in total. The number of carbonyl (C=O) groups excluding carboxylic acids is 2. The molecule has 1 aliphatic heterocycles. The fraction of sp³-hybridized carbons (Fsp3) is 0.214. The van der Waals surface area contributed by atoms with Gasteiger partial charge in [0.1, 0.15) is 0 Å². The molecule has 0 radical (unpaired) electrons. The molecule has 1 amide bonds. The number of amides is 1. The van der Waals surface area contributed by atoms with Crippen LogP contribution in [-0.4, -0.2) is 35.0 Å². The van der Waals surface area contributed by atoms with Gasteiger partial charge in [0, 0.05) is 25.5 Å². The van der Waals surface area contributed by atoms with E-state index < -0.39 is 6.04 Å². The molecule has 20 heavy (non-hydrogen) atoms. The SMILES string of the molecule is CN1C(=O)C(C(=O)c2cn[nH]c2)NCc2ccccc21. The third-order valence-electron chi connectivity index (χ3n) is 3.47. The van der Waals surface area contributed by atoms with Gasteiger partial charge in [0.05, 0.1) is 11.8 Å². The molecular formula is C14H14N4O2. The van der Waals surface area contributed by atoms with Crippen LogP contribution in [0.5, 0.6) is 0 Å². The second kappa shape index (κ2) is 4.90. The third kappa shape index (κ3) is 2.00. The minimum Gasteiger partial charge on any atom is -0.313 e. The van der Waals surface area contributed by atoms with Crippen molar-refractivity contribution in [2.45, 2.75) is 12.6 Å². The first-order valence-electron chi connectivity index (χ1n) is 6.30. The Morgan fingerprint density at radius 2 is 2.20 bits per heavy atom. The normalized spacial score (nSPS) is 18.6. The average molecular weight is 270 g/mol. The fourth-order valence-corrected chi connectivity index (χ4v) is 2.36. The van der Waals surface area contributed by atoms with E-state index in [2.05, 4.69) is 15.5 Å². The number of nitrogens with zero attached hydrogens (tertiary/aromatic N) is 2. The van der Waals surface area contributed by atoms with Crippen LogP contribution in [0.15, 0.2) is 36.7 Å². The number of benzene rings is 1. The summed E-state index contributed by atoms with van der Waals surface area (Å²) in [5, 5.41) is 9.36. The second-order valence-corrected chi connectivity index (χ2v) is 4.69. The van der Waals surface area contributed by atoms with E-state index in [0.29, 0.717) is 12.1 Å². The number of fused-ring (bicyclic) bond motifs is 1. The Labute approximate surface area is 115 Å². The van der Waals surface area contributed by atoms with E-state index >= 15 is 0 Å². The lowest BCUT2D eigenvalue weighted by molar-refractivity contribution is -0.119. The minimum absolute atomic E-state index is 0.263. The van der Waals surface area contributed by atoms with Crippen molar-refractivity contribution in [1.29, 1.82) is 0 Å². The molecule has 2 N–H and O–H groups in total. The third-order valence-corrected chi connectivity index (χ3v) is 3.47. The molecule has 1 aromatic carbocycles. The zero-order chi connectivity index (χ0) is 14.1. The van der Waals surface area contributed by atoms with Gasteiger partial charge in [0.2, 0.25) is 0 Å². The lowest BCUT2D eigenvalue weighted by Gasteiger charge is -2.20. The molecule has 0 saturated heterocycles. The molecule has 2 aromatic rings. The highest BCUT2D eigenvalue weighted by Gasteiger charge is 2.33. The largest absolute Gasteiger partial charge is 0.313 e. The van der Waals surface area contributed by atoms with Gasteiger partial charge in [0.25, 0.3) is 5.91 Å². The van der Waals surface area contributed by atoms with E-state index in [-0.39, 0.29) is 11.7 Å². The van der Waals surface area contributed by atoms with Crippen LogP contribution >= 0.6 is 0 Å². The summed E-state index contributed by atoms with van der Waals surface area (Å²) >= 11 is 0. The fourth-order valence-electron chi connectivity index (χ4n) is 2.36. The molecule has 0 spiro atoms. The van der Waals surface area contributed by atoms with Gasteiger partial charge in [-0.2, -0.15) is 5.10 Å². The zero-order valence-corrected chi connectivity index (χ0v) is 11.0. The molecular weight excluding hydrogens is 256 g/mol. The lowest BCUT2D eigenvalue weighted by Crippen LogP contribution is -2.47. The number of hydrogen-bond donors (Lipinski definition) is 2. The van der Waals surface area contributed by atoms with Gasteiger partial charge in [0.15, 0.2) is 11.8 Å². The van der Waals surface area contributed by atoms with Crippen LogP contribution in [0.3, 0.4) is 0 Å². The van der Waals surface area contributed by atoms with Crippen LogP contribution in [0.4, 0.5) is 5.69 Å². The Bertz CT molecular complexity index is 651. The molecule has 102 valence electrons. The number of likely N-dealkylation sites (N-methyl/N-ethyl adjacent to an activating group) is 1. The first kappa shape index (κ1) is 12.6. The Morgan fingerprint density at radius 1 is 1.40 bits per heavy atom. The van der Waals surface area contributed by atoms with Crippen molar-refractivity contribution < 1.29 is 9.59 Å². The molecule has 0 bridgehead atoms. The summed E-state index contributed by atoms with van der Waals surface area (Å²) in [4.78, 5) is 26.3. The number of carbonyl (C=O) groups is 2. The molecule has 1 aromatic heterocycles. The van der Waals surface area contributed by atoms with Crippen LogP contribution in [0.1, 0.15) is 15.9 Å². The van der Waals surface area contributed by atoms with Gasteiger partial charge in [-0.05, 0) is 11.6 Å². The quantitative estimate of drug-likeness (QED) is 0.623. The van der Waals surface area contributed by atoms with Gasteiger partial charge < -0.3 is 4.90 Å². The summed E-state index contributed by atoms with van der Waals surface area (Å²) in [6, 6.07) is 6.72. The highest BCUT2D eigenvalue weighted by Crippen LogP contribution is 2.23. The molecule has 0 saturated carbocycles. The molecule has 1 aliphatic rings. The summed E-state index contributed by atoms with van der Waals surface area (Å²) < 4.78 is 0. The number of para-hydroxylation sites is 1. The number of ketones is 1. The van der Waals surface area contributed by atoms with Crippen LogP contribution < -0.4 is 10.2 Å². The summed E-state index contributed by atoms with van der Waals surface area (Å²) in [5.41, 5.74) is 2.22. The maximum absolute atomic E-state index is 12.5. The predicted octanol–water partition coefficient (Wildman–Crippen LogP) is 0.727. The number of anilines is 1. The standard InChI is InChI=1S/C14H14N4O2/c1-18-11-5-3-2-4-9(11)6-15-12(14(18)20)13(19)10-7-16-17-8-10/h2-5,7-8,12,15H,6H2,1H3,(H,16,17). The minimum atomic E-state index is -0.884. The highest BCUT2D eigenvalue weighted by atomic mass is 16.2. The molecule has 1 atom stereocenters. The van der Waals surface area contributed by atoms with E-state index in [1.54, 1.807) is 7.05 Å². The number of aromatic nitrogens is 2. The number of Topliss-reactive ketones (excluding diaryl/α,β-unsaturated/α-hetero) is 1. The second-order valence-electron chi connectivity index (χ2n) is 4.69. The Morgan fingerprint density at radius 3 is 2.95 bits per heavy atom. The van der Waals surface area contributed by atoms with Gasteiger partial charge >= 0.3 is 0 Å². The monoisotopic (exact) mass is 270 g/mol. The zero-order valence-electron chi connectivity index (χ0n) is 11.0. The first-order valence-corrected chi connectivity index (χ1v) is 6.30. The summed E-state index contributed by atoms with van der Waals surface area (Å²) in [5.74, 6) is -0.537. The van der Waals surface area contributed by atoms with Crippen LogP contribution in [0.2, 0.25) is 0 Å². The van der Waals surface area contributed by atoms with Gasteiger partial charge in [-0.1, -0.05) is 18.2 Å². The number of aromatic amines is 1. The van der Waals surface area contributed by atoms with Gasteiger partial charge in [-0.15, -0.1) is 0 Å². The van der Waals surface area contributed by atoms with Crippen LogP contribution in [-0.2, 0) is 11.3 Å². The topological polar surface area (TPSA) is 78.1 Å². The summed E-state index contributed by atoms with van der Waals surface area (Å²) in [6.45, 7) is 0.473. The summed E-state index contributed by atoms with van der Waals surface area (Å²) in [6.07, 6.45) is 2.92. The van der Waals surface area contributed by atoms with Crippen molar-refractivity contribution in [2.75, 3.05) is 11.9 Å². The first-order chi connectivity index (χ1) is 9.68. The van der Waals surface area contributed by atoms with E-state index in [1.807, 2.05) is 24.3 Å². The molecule has 0 aliphatic carbocycles.